The molecule has 24 heavy (non-hydrogen) atoms. The number of rotatable bonds is 3. The molecule has 0 unspecified atom stereocenters. The summed E-state index contributed by atoms with van der Waals surface area (Å²) in [4.78, 5) is 8.69. The van der Waals surface area contributed by atoms with Gasteiger partial charge in [-0.1, -0.05) is 18.2 Å². The summed E-state index contributed by atoms with van der Waals surface area (Å²) in [6.45, 7) is 0. The van der Waals surface area contributed by atoms with Crippen LogP contribution in [0.2, 0.25) is 0 Å². The average Bonchev–Trinajstić information content (AvgIpc) is 3.09. The van der Waals surface area contributed by atoms with Crippen molar-refractivity contribution in [2.24, 2.45) is 0 Å². The Morgan fingerprint density at radius 2 is 1.42 bits per heavy atom. The molecule has 116 valence electrons. The molecule has 3 nitrogen and oxygen atoms in total. The standard InChI is InChI=1S/C20H13FN2O/c21-17-8-6-14(7-9-17)18-19(15-10-12-22-13-11-15)24-20(23-18)16-4-2-1-3-5-16/h1-13H. The van der Waals surface area contributed by atoms with Crippen molar-refractivity contribution in [3.05, 3.63) is 84.9 Å². The average molecular weight is 316 g/mol. The lowest BCUT2D eigenvalue weighted by atomic mass is 10.1. The molecule has 0 saturated carbocycles. The molecule has 4 heteroatoms. The number of halogens is 1. The molecular weight excluding hydrogens is 303 g/mol. The number of oxazole rings is 1. The molecule has 0 amide bonds. The van der Waals surface area contributed by atoms with Crippen molar-refractivity contribution in [3.63, 3.8) is 0 Å². The van der Waals surface area contributed by atoms with Gasteiger partial charge in [0.05, 0.1) is 0 Å². The molecule has 0 N–H and O–H groups in total. The first kappa shape index (κ1) is 14.3. The van der Waals surface area contributed by atoms with Gasteiger partial charge in [0.2, 0.25) is 5.89 Å². The second-order valence-corrected chi connectivity index (χ2v) is 5.31. The SMILES string of the molecule is Fc1ccc(-c2nc(-c3ccccc3)oc2-c2ccncc2)cc1. The first-order valence-electron chi connectivity index (χ1n) is 7.54. The van der Waals surface area contributed by atoms with Gasteiger partial charge in [-0.05, 0) is 48.5 Å². The van der Waals surface area contributed by atoms with Gasteiger partial charge >= 0.3 is 0 Å². The van der Waals surface area contributed by atoms with Gasteiger partial charge in [-0.3, -0.25) is 4.98 Å². The zero-order valence-electron chi connectivity index (χ0n) is 12.7. The molecule has 0 spiro atoms. The summed E-state index contributed by atoms with van der Waals surface area (Å²) in [7, 11) is 0. The normalized spacial score (nSPS) is 10.7. The molecule has 4 aromatic rings. The Kier molecular flexibility index (Phi) is 3.63. The van der Waals surface area contributed by atoms with E-state index in [9.17, 15) is 4.39 Å². The van der Waals surface area contributed by atoms with Crippen LogP contribution in [0.4, 0.5) is 4.39 Å². The Morgan fingerprint density at radius 1 is 0.708 bits per heavy atom. The third-order valence-electron chi connectivity index (χ3n) is 3.71. The van der Waals surface area contributed by atoms with Gasteiger partial charge in [-0.2, -0.15) is 0 Å². The molecule has 0 radical (unpaired) electrons. The zero-order chi connectivity index (χ0) is 16.4. The first-order valence-corrected chi connectivity index (χ1v) is 7.54. The van der Waals surface area contributed by atoms with Crippen molar-refractivity contribution >= 4 is 0 Å². The molecule has 0 bridgehead atoms. The molecule has 4 rings (SSSR count). The van der Waals surface area contributed by atoms with Gasteiger partial charge in [0.15, 0.2) is 5.76 Å². The van der Waals surface area contributed by atoms with Crippen LogP contribution in [0.1, 0.15) is 0 Å². The summed E-state index contributed by atoms with van der Waals surface area (Å²) < 4.78 is 19.3. The monoisotopic (exact) mass is 316 g/mol. The van der Waals surface area contributed by atoms with E-state index in [-0.39, 0.29) is 5.82 Å². The minimum absolute atomic E-state index is 0.281. The third-order valence-corrected chi connectivity index (χ3v) is 3.71. The topological polar surface area (TPSA) is 38.9 Å². The van der Waals surface area contributed by atoms with Crippen molar-refractivity contribution in [1.29, 1.82) is 0 Å². The number of pyridine rings is 1. The molecule has 2 aromatic carbocycles. The highest BCUT2D eigenvalue weighted by Crippen LogP contribution is 2.35. The van der Waals surface area contributed by atoms with Gasteiger partial charge in [0, 0.05) is 29.1 Å². The summed E-state index contributed by atoms with van der Waals surface area (Å²) in [5.41, 5.74) is 3.24. The lowest BCUT2D eigenvalue weighted by Crippen LogP contribution is -1.84. The molecule has 0 atom stereocenters. The van der Waals surface area contributed by atoms with E-state index in [1.54, 1.807) is 24.5 Å². The van der Waals surface area contributed by atoms with Crippen LogP contribution in [0.5, 0.6) is 0 Å². The van der Waals surface area contributed by atoms with Crippen molar-refractivity contribution in [2.45, 2.75) is 0 Å². The highest BCUT2D eigenvalue weighted by Gasteiger charge is 2.17. The summed E-state index contributed by atoms with van der Waals surface area (Å²) in [5.74, 6) is 0.889. The van der Waals surface area contributed by atoms with Crippen LogP contribution in [0.15, 0.2) is 83.5 Å². The van der Waals surface area contributed by atoms with Crippen LogP contribution >= 0.6 is 0 Å². The largest absolute Gasteiger partial charge is 0.435 e. The highest BCUT2D eigenvalue weighted by molar-refractivity contribution is 5.78. The molecule has 0 saturated heterocycles. The highest BCUT2D eigenvalue weighted by atomic mass is 19.1. The fourth-order valence-electron chi connectivity index (χ4n) is 2.53. The van der Waals surface area contributed by atoms with Gasteiger partial charge in [-0.15, -0.1) is 0 Å². The Bertz CT molecular complexity index is 948. The molecule has 2 heterocycles. The Balaban J connectivity index is 1.90. The Hall–Kier alpha value is -3.27. The van der Waals surface area contributed by atoms with E-state index in [2.05, 4.69) is 9.97 Å². The lowest BCUT2D eigenvalue weighted by Gasteiger charge is -2.01. The van der Waals surface area contributed by atoms with Crippen LogP contribution in [0.3, 0.4) is 0 Å². The molecule has 0 fully saturated rings. The fraction of sp³-hybridized carbons (Fsp3) is 0. The summed E-state index contributed by atoms with van der Waals surface area (Å²) >= 11 is 0. The van der Waals surface area contributed by atoms with Gasteiger partial charge in [-0.25, -0.2) is 9.37 Å². The predicted octanol–water partition coefficient (Wildman–Crippen LogP) is 5.21. The van der Waals surface area contributed by atoms with Crippen molar-refractivity contribution in [2.75, 3.05) is 0 Å². The van der Waals surface area contributed by atoms with Crippen LogP contribution < -0.4 is 0 Å². The summed E-state index contributed by atoms with van der Waals surface area (Å²) in [5, 5.41) is 0. The second kappa shape index (κ2) is 6.08. The maximum absolute atomic E-state index is 13.2. The van der Waals surface area contributed by atoms with Gasteiger partial charge in [0.1, 0.15) is 11.5 Å². The third kappa shape index (κ3) is 2.70. The lowest BCUT2D eigenvalue weighted by molar-refractivity contribution is 0.589. The van der Waals surface area contributed by atoms with E-state index in [4.69, 9.17) is 4.42 Å². The minimum Gasteiger partial charge on any atom is -0.435 e. The maximum atomic E-state index is 13.2. The summed E-state index contributed by atoms with van der Waals surface area (Å²) in [6.07, 6.45) is 3.41. The smallest absolute Gasteiger partial charge is 0.227 e. The van der Waals surface area contributed by atoms with Crippen molar-refractivity contribution in [1.82, 2.24) is 9.97 Å². The van der Waals surface area contributed by atoms with Crippen molar-refractivity contribution in [3.8, 4) is 34.0 Å². The van der Waals surface area contributed by atoms with Crippen molar-refractivity contribution < 1.29 is 8.81 Å². The molecule has 0 aliphatic carbocycles. The second-order valence-electron chi connectivity index (χ2n) is 5.31. The van der Waals surface area contributed by atoms with E-state index in [0.717, 1.165) is 16.7 Å². The van der Waals surface area contributed by atoms with Crippen LogP contribution in [-0.2, 0) is 0 Å². The van der Waals surface area contributed by atoms with E-state index in [1.165, 1.54) is 12.1 Å². The molecule has 0 aliphatic heterocycles. The molecule has 2 aromatic heterocycles. The predicted molar refractivity (Wildman–Crippen MR) is 90.6 cm³/mol. The van der Waals surface area contributed by atoms with E-state index >= 15 is 0 Å². The zero-order valence-corrected chi connectivity index (χ0v) is 12.7. The Morgan fingerprint density at radius 3 is 2.12 bits per heavy atom. The Labute approximate surface area is 138 Å². The number of hydrogen-bond donors (Lipinski definition) is 0. The summed E-state index contributed by atoms with van der Waals surface area (Å²) in [6, 6.07) is 19.7. The van der Waals surface area contributed by atoms with E-state index in [1.807, 2.05) is 42.5 Å². The van der Waals surface area contributed by atoms with Gasteiger partial charge in [0.25, 0.3) is 0 Å². The molecule has 0 aliphatic rings. The quantitative estimate of drug-likeness (QED) is 0.521. The van der Waals surface area contributed by atoms with Crippen LogP contribution in [0, 0.1) is 5.82 Å². The number of benzene rings is 2. The molecular formula is C20H13FN2O. The first-order chi connectivity index (χ1) is 11.8. The number of nitrogens with zero attached hydrogens (tertiary/aromatic N) is 2. The number of hydrogen-bond acceptors (Lipinski definition) is 3. The minimum atomic E-state index is -0.281. The number of aromatic nitrogens is 2. The maximum Gasteiger partial charge on any atom is 0.227 e. The van der Waals surface area contributed by atoms with E-state index in [0.29, 0.717) is 17.3 Å². The van der Waals surface area contributed by atoms with Gasteiger partial charge < -0.3 is 4.42 Å². The van der Waals surface area contributed by atoms with Crippen LogP contribution in [0.25, 0.3) is 34.0 Å². The van der Waals surface area contributed by atoms with E-state index < -0.39 is 0 Å². The van der Waals surface area contributed by atoms with Crippen LogP contribution in [-0.4, -0.2) is 9.97 Å². The fourth-order valence-corrected chi connectivity index (χ4v) is 2.53.